The fourth-order valence-electron chi connectivity index (χ4n) is 3.24. The Morgan fingerprint density at radius 2 is 1.45 bits per heavy atom. The summed E-state index contributed by atoms with van der Waals surface area (Å²) < 4.78 is 23.7. The van der Waals surface area contributed by atoms with E-state index in [2.05, 4.69) is 6.58 Å². The quantitative estimate of drug-likeness (QED) is 0.597. The maximum absolute atomic E-state index is 10.6. The molecule has 1 aliphatic rings. The van der Waals surface area contributed by atoms with E-state index < -0.39 is 30.7 Å². The summed E-state index contributed by atoms with van der Waals surface area (Å²) in [6.07, 6.45) is -2.52. The highest BCUT2D eigenvalue weighted by molar-refractivity contribution is 5.14. The smallest absolute Gasteiger partial charge is 0.187 e. The van der Waals surface area contributed by atoms with Gasteiger partial charge >= 0.3 is 0 Å². The van der Waals surface area contributed by atoms with Crippen LogP contribution < -0.4 is 0 Å². The molecule has 0 amide bonds. The third kappa shape index (κ3) is 5.96. The Bertz CT molecular complexity index is 723. The van der Waals surface area contributed by atoms with Crippen molar-refractivity contribution in [2.75, 3.05) is 13.2 Å². The second kappa shape index (κ2) is 11.2. The lowest BCUT2D eigenvalue weighted by Crippen LogP contribution is -2.60. The predicted molar refractivity (Wildman–Crippen MR) is 108 cm³/mol. The van der Waals surface area contributed by atoms with E-state index in [4.69, 9.17) is 18.9 Å². The van der Waals surface area contributed by atoms with Crippen LogP contribution in [0.15, 0.2) is 73.3 Å². The molecule has 2 N–H and O–H groups in total. The Kier molecular flexibility index (Phi) is 8.37. The highest BCUT2D eigenvalue weighted by Gasteiger charge is 2.47. The Morgan fingerprint density at radius 1 is 0.862 bits per heavy atom. The van der Waals surface area contributed by atoms with E-state index in [0.717, 1.165) is 11.1 Å². The van der Waals surface area contributed by atoms with Gasteiger partial charge in [-0.05, 0) is 11.1 Å². The van der Waals surface area contributed by atoms with Gasteiger partial charge < -0.3 is 29.2 Å². The van der Waals surface area contributed by atoms with Crippen LogP contribution >= 0.6 is 0 Å². The SMILES string of the molecule is C=CCO[C@H]1[C@H](O)[C@@H](CO)O[C@@H](OCc2ccccc2)[C@@H]1OCc1ccccc1. The Labute approximate surface area is 171 Å². The van der Waals surface area contributed by atoms with Gasteiger partial charge in [0.05, 0.1) is 26.4 Å². The molecule has 3 rings (SSSR count). The van der Waals surface area contributed by atoms with E-state index in [0.29, 0.717) is 13.2 Å². The molecule has 0 bridgehead atoms. The molecule has 29 heavy (non-hydrogen) atoms. The first kappa shape index (κ1) is 21.6. The van der Waals surface area contributed by atoms with Crippen LogP contribution in [-0.2, 0) is 32.2 Å². The predicted octanol–water partition coefficient (Wildman–Crippen LogP) is 2.44. The van der Waals surface area contributed by atoms with Crippen LogP contribution in [0, 0.1) is 0 Å². The Balaban J connectivity index is 1.76. The van der Waals surface area contributed by atoms with Crippen LogP contribution in [-0.4, -0.2) is 54.1 Å². The Morgan fingerprint density at radius 3 is 2.00 bits per heavy atom. The second-order valence-corrected chi connectivity index (χ2v) is 6.86. The fraction of sp³-hybridized carbons (Fsp3) is 0.391. The molecule has 0 radical (unpaired) electrons. The van der Waals surface area contributed by atoms with E-state index >= 15 is 0 Å². The van der Waals surface area contributed by atoms with Crippen molar-refractivity contribution in [3.05, 3.63) is 84.4 Å². The number of aliphatic hydroxyl groups is 2. The molecule has 0 saturated carbocycles. The molecule has 1 heterocycles. The van der Waals surface area contributed by atoms with Gasteiger partial charge in [-0.25, -0.2) is 0 Å². The van der Waals surface area contributed by atoms with E-state index in [9.17, 15) is 10.2 Å². The minimum Gasteiger partial charge on any atom is -0.394 e. The van der Waals surface area contributed by atoms with E-state index in [-0.39, 0.29) is 13.2 Å². The topological polar surface area (TPSA) is 77.4 Å². The molecule has 0 unspecified atom stereocenters. The largest absolute Gasteiger partial charge is 0.394 e. The monoisotopic (exact) mass is 400 g/mol. The average Bonchev–Trinajstić information content (AvgIpc) is 2.77. The van der Waals surface area contributed by atoms with E-state index in [1.54, 1.807) is 6.08 Å². The lowest BCUT2D eigenvalue weighted by Gasteiger charge is -2.43. The number of benzene rings is 2. The highest BCUT2D eigenvalue weighted by Crippen LogP contribution is 2.28. The minimum atomic E-state index is -1.06. The maximum Gasteiger partial charge on any atom is 0.187 e. The maximum atomic E-state index is 10.6. The Hall–Kier alpha value is -2.06. The first-order chi connectivity index (χ1) is 14.2. The van der Waals surface area contributed by atoms with Crippen LogP contribution in [0.25, 0.3) is 0 Å². The van der Waals surface area contributed by atoms with Crippen molar-refractivity contribution in [3.63, 3.8) is 0 Å². The van der Waals surface area contributed by atoms with Crippen molar-refractivity contribution >= 4 is 0 Å². The zero-order chi connectivity index (χ0) is 20.5. The molecular formula is C23H28O6. The zero-order valence-electron chi connectivity index (χ0n) is 16.3. The first-order valence-electron chi connectivity index (χ1n) is 9.71. The van der Waals surface area contributed by atoms with Gasteiger partial charge in [-0.1, -0.05) is 66.7 Å². The van der Waals surface area contributed by atoms with Crippen LogP contribution in [0.3, 0.4) is 0 Å². The highest BCUT2D eigenvalue weighted by atomic mass is 16.7. The molecule has 0 aliphatic carbocycles. The van der Waals surface area contributed by atoms with Gasteiger partial charge in [-0.2, -0.15) is 0 Å². The van der Waals surface area contributed by atoms with E-state index in [1.165, 1.54) is 0 Å². The van der Waals surface area contributed by atoms with Crippen LogP contribution in [0.2, 0.25) is 0 Å². The van der Waals surface area contributed by atoms with Gasteiger partial charge in [0.1, 0.15) is 24.4 Å². The van der Waals surface area contributed by atoms with Crippen LogP contribution in [0.4, 0.5) is 0 Å². The summed E-state index contributed by atoms with van der Waals surface area (Å²) in [5.41, 5.74) is 1.96. The summed E-state index contributed by atoms with van der Waals surface area (Å²) in [6.45, 7) is 4.16. The normalized spacial score (nSPS) is 26.9. The summed E-state index contributed by atoms with van der Waals surface area (Å²) in [6, 6.07) is 19.4. The molecule has 1 fully saturated rings. The third-order valence-corrected chi connectivity index (χ3v) is 4.75. The molecule has 2 aromatic carbocycles. The lowest BCUT2D eigenvalue weighted by molar-refractivity contribution is -0.319. The first-order valence-corrected chi connectivity index (χ1v) is 9.71. The van der Waals surface area contributed by atoms with E-state index in [1.807, 2.05) is 60.7 Å². The van der Waals surface area contributed by atoms with Gasteiger partial charge in [-0.3, -0.25) is 0 Å². The number of ether oxygens (including phenoxy) is 4. The standard InChI is InChI=1S/C23H28O6/c1-2-13-26-21-20(25)19(14-24)29-23(28-16-18-11-7-4-8-12-18)22(21)27-15-17-9-5-3-6-10-17/h2-12,19-25H,1,13-16H2/t19-,20-,21+,22-,23-/m1/s1. The summed E-state index contributed by atoms with van der Waals surface area (Å²) >= 11 is 0. The zero-order valence-corrected chi connectivity index (χ0v) is 16.3. The number of aliphatic hydroxyl groups excluding tert-OH is 2. The molecule has 0 spiro atoms. The lowest BCUT2D eigenvalue weighted by atomic mass is 9.98. The molecule has 6 heteroatoms. The van der Waals surface area contributed by atoms with Crippen molar-refractivity contribution in [3.8, 4) is 0 Å². The average molecular weight is 400 g/mol. The fourth-order valence-corrected chi connectivity index (χ4v) is 3.24. The molecule has 5 atom stereocenters. The second-order valence-electron chi connectivity index (χ2n) is 6.86. The summed E-state index contributed by atoms with van der Waals surface area (Å²) in [5.74, 6) is 0. The van der Waals surface area contributed by atoms with Gasteiger partial charge in [0.2, 0.25) is 0 Å². The third-order valence-electron chi connectivity index (χ3n) is 4.75. The number of rotatable bonds is 10. The molecule has 1 saturated heterocycles. The molecule has 156 valence electrons. The molecular weight excluding hydrogens is 372 g/mol. The summed E-state index contributed by atoms with van der Waals surface area (Å²) in [7, 11) is 0. The van der Waals surface area contributed by atoms with Crippen molar-refractivity contribution in [1.82, 2.24) is 0 Å². The van der Waals surface area contributed by atoms with Crippen molar-refractivity contribution in [2.24, 2.45) is 0 Å². The van der Waals surface area contributed by atoms with Gasteiger partial charge in [0, 0.05) is 0 Å². The van der Waals surface area contributed by atoms with Crippen molar-refractivity contribution in [2.45, 2.75) is 43.9 Å². The van der Waals surface area contributed by atoms with Crippen molar-refractivity contribution in [1.29, 1.82) is 0 Å². The van der Waals surface area contributed by atoms with Crippen LogP contribution in [0.1, 0.15) is 11.1 Å². The van der Waals surface area contributed by atoms with Gasteiger partial charge in [-0.15, -0.1) is 6.58 Å². The molecule has 2 aromatic rings. The molecule has 0 aromatic heterocycles. The van der Waals surface area contributed by atoms with Gasteiger partial charge in [0.15, 0.2) is 6.29 Å². The number of hydrogen-bond acceptors (Lipinski definition) is 6. The number of hydrogen-bond donors (Lipinski definition) is 2. The van der Waals surface area contributed by atoms with Gasteiger partial charge in [0.25, 0.3) is 0 Å². The molecule has 6 nitrogen and oxygen atoms in total. The summed E-state index contributed by atoms with van der Waals surface area (Å²) in [4.78, 5) is 0. The van der Waals surface area contributed by atoms with Crippen molar-refractivity contribution < 1.29 is 29.2 Å². The summed E-state index contributed by atoms with van der Waals surface area (Å²) in [5, 5.41) is 20.3. The molecule has 1 aliphatic heterocycles. The minimum absolute atomic E-state index is 0.233. The van der Waals surface area contributed by atoms with Crippen LogP contribution in [0.5, 0.6) is 0 Å².